The first kappa shape index (κ1) is 11.1. The Kier molecular flexibility index (Phi) is 4.28. The molecule has 13 heavy (non-hydrogen) atoms. The second-order valence-corrected chi connectivity index (χ2v) is 5.41. The van der Waals surface area contributed by atoms with Crippen LogP contribution >= 0.6 is 0 Å². The average molecular weight is 182 g/mol. The fraction of sp³-hybridized carbons (Fsp3) is 1.00. The molecule has 0 aromatic heterocycles. The van der Waals surface area contributed by atoms with Gasteiger partial charge in [-0.2, -0.15) is 0 Å². The molecule has 0 nitrogen and oxygen atoms in total. The Hall–Kier alpha value is 0. The standard InChI is InChI=1S/C13H26/c1-10(2)8-6-5-7-9-13-11(3)12(13)4/h10-13H,5-9H2,1-4H3. The Balaban J connectivity index is 1.85. The van der Waals surface area contributed by atoms with Crippen LogP contribution in [0.2, 0.25) is 0 Å². The van der Waals surface area contributed by atoms with Gasteiger partial charge in [-0.3, -0.25) is 0 Å². The SMILES string of the molecule is CC(C)CCCCCC1C(C)C1C. The third-order valence-electron chi connectivity index (χ3n) is 3.86. The molecule has 0 N–H and O–H groups in total. The van der Waals surface area contributed by atoms with Crippen LogP contribution in [0.25, 0.3) is 0 Å². The van der Waals surface area contributed by atoms with E-state index in [0.29, 0.717) is 0 Å². The van der Waals surface area contributed by atoms with Crippen LogP contribution in [0.3, 0.4) is 0 Å². The van der Waals surface area contributed by atoms with Gasteiger partial charge in [0, 0.05) is 0 Å². The van der Waals surface area contributed by atoms with Gasteiger partial charge in [-0.15, -0.1) is 0 Å². The Morgan fingerprint density at radius 2 is 1.54 bits per heavy atom. The Bertz CT molecular complexity index is 129. The van der Waals surface area contributed by atoms with Crippen molar-refractivity contribution in [3.63, 3.8) is 0 Å². The third kappa shape index (κ3) is 3.70. The summed E-state index contributed by atoms with van der Waals surface area (Å²) in [5.41, 5.74) is 0. The van der Waals surface area contributed by atoms with E-state index in [4.69, 9.17) is 0 Å². The molecule has 1 fully saturated rings. The van der Waals surface area contributed by atoms with Gasteiger partial charge in [0.25, 0.3) is 0 Å². The minimum atomic E-state index is 0.902. The fourth-order valence-corrected chi connectivity index (χ4v) is 2.40. The van der Waals surface area contributed by atoms with Gasteiger partial charge >= 0.3 is 0 Å². The first-order valence-corrected chi connectivity index (χ1v) is 6.13. The summed E-state index contributed by atoms with van der Waals surface area (Å²) >= 11 is 0. The lowest BCUT2D eigenvalue weighted by Crippen LogP contribution is -1.88. The smallest absolute Gasteiger partial charge is 0.0357 e. The molecule has 0 amide bonds. The summed E-state index contributed by atoms with van der Waals surface area (Å²) in [6, 6.07) is 0. The van der Waals surface area contributed by atoms with Gasteiger partial charge in [-0.05, 0) is 30.1 Å². The van der Waals surface area contributed by atoms with Gasteiger partial charge < -0.3 is 0 Å². The van der Waals surface area contributed by atoms with E-state index in [-0.39, 0.29) is 0 Å². The molecule has 1 aliphatic rings. The van der Waals surface area contributed by atoms with Crippen LogP contribution < -0.4 is 0 Å². The Morgan fingerprint density at radius 1 is 0.923 bits per heavy atom. The summed E-state index contributed by atoms with van der Waals surface area (Å²) in [7, 11) is 0. The average Bonchev–Trinajstić information content (AvgIpc) is 2.61. The van der Waals surface area contributed by atoms with Crippen LogP contribution in [0.5, 0.6) is 0 Å². The highest BCUT2D eigenvalue weighted by molar-refractivity contribution is 4.90. The lowest BCUT2D eigenvalue weighted by Gasteiger charge is -2.03. The van der Waals surface area contributed by atoms with E-state index in [1.807, 2.05) is 0 Å². The van der Waals surface area contributed by atoms with E-state index in [1.165, 1.54) is 32.1 Å². The first-order valence-electron chi connectivity index (χ1n) is 6.13. The Labute approximate surface area is 84.1 Å². The molecular formula is C13H26. The molecule has 0 heterocycles. The molecule has 0 bridgehead atoms. The lowest BCUT2D eigenvalue weighted by molar-refractivity contribution is 0.503. The van der Waals surface area contributed by atoms with E-state index in [1.54, 1.807) is 0 Å². The van der Waals surface area contributed by atoms with Crippen molar-refractivity contribution in [1.29, 1.82) is 0 Å². The van der Waals surface area contributed by atoms with Gasteiger partial charge in [0.1, 0.15) is 0 Å². The van der Waals surface area contributed by atoms with Crippen molar-refractivity contribution >= 4 is 0 Å². The largest absolute Gasteiger partial charge is 0.0628 e. The van der Waals surface area contributed by atoms with Crippen molar-refractivity contribution in [3.8, 4) is 0 Å². The van der Waals surface area contributed by atoms with Gasteiger partial charge in [0.15, 0.2) is 0 Å². The second kappa shape index (κ2) is 5.02. The molecular weight excluding hydrogens is 156 g/mol. The fourth-order valence-electron chi connectivity index (χ4n) is 2.40. The van der Waals surface area contributed by atoms with Crippen LogP contribution in [-0.4, -0.2) is 0 Å². The Morgan fingerprint density at radius 3 is 2.00 bits per heavy atom. The minimum absolute atomic E-state index is 0.902. The van der Waals surface area contributed by atoms with E-state index in [9.17, 15) is 0 Å². The molecule has 1 rings (SSSR count). The first-order chi connectivity index (χ1) is 6.13. The molecule has 0 aromatic rings. The highest BCUT2D eigenvalue weighted by Gasteiger charge is 2.41. The van der Waals surface area contributed by atoms with E-state index in [2.05, 4.69) is 27.7 Å². The zero-order chi connectivity index (χ0) is 9.84. The molecule has 2 unspecified atom stereocenters. The van der Waals surface area contributed by atoms with E-state index < -0.39 is 0 Å². The van der Waals surface area contributed by atoms with E-state index >= 15 is 0 Å². The van der Waals surface area contributed by atoms with Gasteiger partial charge in [0.05, 0.1) is 0 Å². The van der Waals surface area contributed by atoms with E-state index in [0.717, 1.165) is 23.7 Å². The van der Waals surface area contributed by atoms with Crippen LogP contribution in [-0.2, 0) is 0 Å². The van der Waals surface area contributed by atoms with Crippen molar-refractivity contribution in [2.45, 2.75) is 59.8 Å². The molecule has 0 spiro atoms. The van der Waals surface area contributed by atoms with Crippen LogP contribution in [0.1, 0.15) is 59.8 Å². The van der Waals surface area contributed by atoms with Gasteiger partial charge in [-0.25, -0.2) is 0 Å². The lowest BCUT2D eigenvalue weighted by atomic mass is 10.0. The summed E-state index contributed by atoms with van der Waals surface area (Å²) in [6.07, 6.45) is 7.32. The number of unbranched alkanes of at least 4 members (excludes halogenated alkanes) is 2. The third-order valence-corrected chi connectivity index (χ3v) is 3.86. The summed E-state index contributed by atoms with van der Waals surface area (Å²) in [6.45, 7) is 9.46. The van der Waals surface area contributed by atoms with Crippen molar-refractivity contribution in [2.24, 2.45) is 23.7 Å². The number of hydrogen-bond acceptors (Lipinski definition) is 0. The van der Waals surface area contributed by atoms with Crippen LogP contribution in [0, 0.1) is 23.7 Å². The van der Waals surface area contributed by atoms with Crippen molar-refractivity contribution in [3.05, 3.63) is 0 Å². The van der Waals surface area contributed by atoms with Gasteiger partial charge in [0.2, 0.25) is 0 Å². The monoisotopic (exact) mass is 182 g/mol. The molecule has 0 aliphatic heterocycles. The molecule has 2 atom stereocenters. The molecule has 1 aliphatic carbocycles. The maximum atomic E-state index is 2.41. The molecule has 0 heteroatoms. The predicted octanol–water partition coefficient (Wildman–Crippen LogP) is 4.49. The van der Waals surface area contributed by atoms with Crippen molar-refractivity contribution in [1.82, 2.24) is 0 Å². The van der Waals surface area contributed by atoms with Crippen LogP contribution in [0.15, 0.2) is 0 Å². The maximum absolute atomic E-state index is 2.41. The predicted molar refractivity (Wildman–Crippen MR) is 59.7 cm³/mol. The summed E-state index contributed by atoms with van der Waals surface area (Å²) in [5, 5.41) is 0. The molecule has 0 radical (unpaired) electrons. The topological polar surface area (TPSA) is 0 Å². The zero-order valence-electron chi connectivity index (χ0n) is 9.84. The molecule has 0 saturated heterocycles. The zero-order valence-corrected chi connectivity index (χ0v) is 9.84. The number of rotatable bonds is 6. The number of hydrogen-bond donors (Lipinski definition) is 0. The van der Waals surface area contributed by atoms with Crippen molar-refractivity contribution < 1.29 is 0 Å². The maximum Gasteiger partial charge on any atom is -0.0357 e. The molecule has 0 aromatic carbocycles. The molecule has 1 saturated carbocycles. The summed E-state index contributed by atoms with van der Waals surface area (Å²) < 4.78 is 0. The van der Waals surface area contributed by atoms with Crippen LogP contribution in [0.4, 0.5) is 0 Å². The second-order valence-electron chi connectivity index (χ2n) is 5.41. The normalized spacial score (nSPS) is 32.5. The highest BCUT2D eigenvalue weighted by atomic mass is 14.5. The minimum Gasteiger partial charge on any atom is -0.0628 e. The summed E-state index contributed by atoms with van der Waals surface area (Å²) in [4.78, 5) is 0. The highest BCUT2D eigenvalue weighted by Crippen LogP contribution is 2.48. The summed E-state index contributed by atoms with van der Waals surface area (Å²) in [5.74, 6) is 4.05. The molecule has 78 valence electrons. The quantitative estimate of drug-likeness (QED) is 0.531. The van der Waals surface area contributed by atoms with Crippen molar-refractivity contribution in [2.75, 3.05) is 0 Å². The van der Waals surface area contributed by atoms with Gasteiger partial charge in [-0.1, -0.05) is 53.4 Å².